The highest BCUT2D eigenvalue weighted by molar-refractivity contribution is 7.82. The summed E-state index contributed by atoms with van der Waals surface area (Å²) in [5.74, 6) is 1.03. The highest BCUT2D eigenvalue weighted by Crippen LogP contribution is 2.47. The summed E-state index contributed by atoms with van der Waals surface area (Å²) in [7, 11) is 0. The molecular formula is C56H68Cl5N9O10S2. The second-order valence-corrected chi connectivity index (χ2v) is 22.8. The molecule has 82 heavy (non-hydrogen) atoms. The molecule has 3 unspecified atom stereocenters. The van der Waals surface area contributed by atoms with E-state index in [4.69, 9.17) is 80.6 Å². The van der Waals surface area contributed by atoms with Crippen LogP contribution >= 0.6 is 58.0 Å². The predicted octanol–water partition coefficient (Wildman–Crippen LogP) is 14.5. The average molecular weight is 1270 g/mol. The quantitative estimate of drug-likeness (QED) is 0.0138. The number of amidine groups is 1. The summed E-state index contributed by atoms with van der Waals surface area (Å²) >= 11 is 27.3. The average Bonchev–Trinajstić information content (AvgIpc) is 4.15. The van der Waals surface area contributed by atoms with E-state index in [-0.39, 0.29) is 72.6 Å². The van der Waals surface area contributed by atoms with Crippen molar-refractivity contribution in [3.05, 3.63) is 114 Å². The van der Waals surface area contributed by atoms with Gasteiger partial charge in [0.25, 0.3) is 17.2 Å². The Balaban J connectivity index is 0.000000297. The molecule has 19 nitrogen and oxygen atoms in total. The van der Waals surface area contributed by atoms with Crippen LogP contribution in [0.25, 0.3) is 5.65 Å². The van der Waals surface area contributed by atoms with Gasteiger partial charge in [-0.1, -0.05) is 155 Å². The lowest BCUT2D eigenvalue weighted by atomic mass is 10.1. The monoisotopic (exact) mass is 1270 g/mol. The van der Waals surface area contributed by atoms with Gasteiger partial charge in [-0.3, -0.25) is 24.8 Å². The molecule has 7 rings (SSSR count). The number of hydrazine groups is 1. The van der Waals surface area contributed by atoms with E-state index in [2.05, 4.69) is 48.9 Å². The molecule has 0 radical (unpaired) electrons. The topological polar surface area (TPSA) is 229 Å². The molecule has 1 saturated heterocycles. The van der Waals surface area contributed by atoms with Crippen LogP contribution in [0.2, 0.25) is 25.1 Å². The SMILES string of the molecule is CCCCCCCCOc1ccc(NS(=O)Oc2cc(C)ccc2OCCCCCCCC)cc1OS(=O)NCC(C)c1nc2cc(C)[nH]n2n1.CCOC(=O)c1c(Cl)c(Cl)c(N2NC(=Nc3cc(C=O)ccc3Cl)CC2=O)c(Cl)c1Cl. The molecule has 1 amide bonds. The Kier molecular flexibility index (Phi) is 26.4. The van der Waals surface area contributed by atoms with Crippen molar-refractivity contribution in [3.63, 3.8) is 0 Å². The van der Waals surface area contributed by atoms with Crippen molar-refractivity contribution >= 4 is 127 Å². The Morgan fingerprint density at radius 1 is 0.768 bits per heavy atom. The number of fused-ring (bicyclic) bond motifs is 1. The number of hydrogen-bond acceptors (Lipinski definition) is 13. The first-order chi connectivity index (χ1) is 39.4. The van der Waals surface area contributed by atoms with Crippen LogP contribution in [0.3, 0.4) is 0 Å². The van der Waals surface area contributed by atoms with Crippen LogP contribution in [0.4, 0.5) is 17.1 Å². The number of hydrogen-bond donors (Lipinski definition) is 4. The van der Waals surface area contributed by atoms with Gasteiger partial charge in [-0.15, -0.1) is 5.10 Å². The Morgan fingerprint density at radius 3 is 2.00 bits per heavy atom. The molecule has 2 aromatic heterocycles. The summed E-state index contributed by atoms with van der Waals surface area (Å²) in [4.78, 5) is 44.6. The Morgan fingerprint density at radius 2 is 1.38 bits per heavy atom. The fourth-order valence-electron chi connectivity index (χ4n) is 8.13. The number of nitrogens with one attached hydrogen (secondary N) is 4. The third kappa shape index (κ3) is 18.9. The number of nitrogens with zero attached hydrogens (tertiary/aromatic N) is 5. The summed E-state index contributed by atoms with van der Waals surface area (Å²) in [6.07, 6.45) is 14.2. The Bertz CT molecular complexity index is 3180. The van der Waals surface area contributed by atoms with Crippen LogP contribution in [0, 0.1) is 13.8 Å². The van der Waals surface area contributed by atoms with Gasteiger partial charge in [0.1, 0.15) is 23.4 Å². The maximum atomic E-state index is 13.2. The Labute approximate surface area is 508 Å². The van der Waals surface area contributed by atoms with Crippen LogP contribution < -0.4 is 37.7 Å². The van der Waals surface area contributed by atoms with Crippen LogP contribution in [-0.4, -0.2) is 78.6 Å². The number of aromatic nitrogens is 4. The standard InChI is InChI=1S/C37H56N6O6S2.C19H12Cl5N3O4/c1-6-8-10-12-14-16-22-46-32-20-18-28(3)24-34(32)49-51(45)42-31-19-21-33(47-23-17-15-13-11-9-7-2)35(26-31)48-50(44)38-27-29(4)37-39-36-25-30(5)40-43(36)41-37;1-2-31-19(30)13-14(21)16(23)18(17(24)15(13)22)27-12(29)6-11(26-27)25-10-5-8(7-28)3-4-9(10)20/h18-21,24-26,29,38,40,42H,6-17,22-23,27H2,1-5H3;3-5,7H,2,6H2,1H3,(H,25,26). The number of aldehydes is 1. The van der Waals surface area contributed by atoms with Crippen LogP contribution in [0.5, 0.6) is 23.0 Å². The van der Waals surface area contributed by atoms with E-state index >= 15 is 0 Å². The Hall–Kier alpha value is -5.65. The summed E-state index contributed by atoms with van der Waals surface area (Å²) in [6.45, 7) is 13.3. The minimum Gasteiger partial charge on any atom is -0.490 e. The molecule has 0 aliphatic carbocycles. The van der Waals surface area contributed by atoms with E-state index in [0.717, 1.165) is 54.0 Å². The summed E-state index contributed by atoms with van der Waals surface area (Å²) in [5, 5.41) is 8.10. The molecule has 6 aromatic rings. The fraction of sp³-hybridized carbons (Fsp3) is 0.429. The molecule has 4 N–H and O–H groups in total. The first-order valence-electron chi connectivity index (χ1n) is 27.0. The van der Waals surface area contributed by atoms with Gasteiger partial charge in [0.2, 0.25) is 0 Å². The number of esters is 1. The van der Waals surface area contributed by atoms with Crippen molar-refractivity contribution in [3.8, 4) is 23.0 Å². The lowest BCUT2D eigenvalue weighted by Crippen LogP contribution is -2.36. The van der Waals surface area contributed by atoms with Gasteiger partial charge >= 0.3 is 17.2 Å². The number of carbonyl (C=O) groups excluding carboxylic acids is 3. The maximum absolute atomic E-state index is 13.2. The highest BCUT2D eigenvalue weighted by Gasteiger charge is 2.35. The number of carbonyl (C=O) groups is 3. The number of H-pyrrole nitrogens is 1. The zero-order chi connectivity index (χ0) is 59.3. The van der Waals surface area contributed by atoms with E-state index in [9.17, 15) is 22.8 Å². The third-order valence-corrected chi connectivity index (χ3v) is 15.9. The molecule has 1 aliphatic rings. The van der Waals surface area contributed by atoms with Crippen LogP contribution in [-0.2, 0) is 32.1 Å². The molecular weight excluding hydrogens is 1200 g/mol. The smallest absolute Gasteiger partial charge is 0.341 e. The normalized spacial score (nSPS) is 13.8. The minimum absolute atomic E-state index is 0.0469. The maximum Gasteiger partial charge on any atom is 0.341 e. The van der Waals surface area contributed by atoms with Crippen molar-refractivity contribution in [2.75, 3.05) is 36.1 Å². The largest absolute Gasteiger partial charge is 0.490 e. The number of anilines is 2. The predicted molar refractivity (Wildman–Crippen MR) is 327 cm³/mol. The van der Waals surface area contributed by atoms with E-state index in [1.807, 2.05) is 39.0 Å². The second-order valence-electron chi connectivity index (χ2n) is 19.1. The number of aromatic amines is 1. The molecule has 0 bridgehead atoms. The summed E-state index contributed by atoms with van der Waals surface area (Å²) in [5.41, 5.74) is 6.25. The molecule has 0 spiro atoms. The number of halogens is 5. The molecule has 4 aromatic carbocycles. The third-order valence-electron chi connectivity index (χ3n) is 12.4. The number of aryl methyl sites for hydroxylation is 2. The molecule has 1 fully saturated rings. The summed E-state index contributed by atoms with van der Waals surface area (Å²) in [6, 6.07) is 17.1. The minimum atomic E-state index is -1.96. The van der Waals surface area contributed by atoms with E-state index < -0.39 is 34.4 Å². The molecule has 1 aliphatic heterocycles. The first-order valence-corrected chi connectivity index (χ1v) is 31.1. The highest BCUT2D eigenvalue weighted by atomic mass is 35.5. The zero-order valence-electron chi connectivity index (χ0n) is 46.5. The number of ether oxygens (including phenoxy) is 3. The van der Waals surface area contributed by atoms with E-state index in [1.54, 1.807) is 35.8 Å². The van der Waals surface area contributed by atoms with E-state index in [0.29, 0.717) is 60.4 Å². The van der Waals surface area contributed by atoms with Crippen molar-refractivity contribution < 1.29 is 45.4 Å². The lowest BCUT2D eigenvalue weighted by Gasteiger charge is -2.22. The van der Waals surface area contributed by atoms with Crippen molar-refractivity contribution in [2.45, 2.75) is 131 Å². The second kappa shape index (κ2) is 33.0. The number of rotatable bonds is 31. The fourth-order valence-corrected chi connectivity index (χ4v) is 10.8. The molecule has 0 saturated carbocycles. The zero-order valence-corrected chi connectivity index (χ0v) is 51.9. The number of unbranched alkanes of at least 4 members (excludes halogenated alkanes) is 10. The van der Waals surface area contributed by atoms with Gasteiger partial charge < -0.3 is 22.6 Å². The number of benzene rings is 4. The molecule has 3 atom stereocenters. The van der Waals surface area contributed by atoms with Gasteiger partial charge in [0.05, 0.1) is 62.7 Å². The van der Waals surface area contributed by atoms with Gasteiger partial charge in [0.15, 0.2) is 34.5 Å². The van der Waals surface area contributed by atoms with Crippen molar-refractivity contribution in [1.82, 2.24) is 30.0 Å². The van der Waals surface area contributed by atoms with Gasteiger partial charge in [0, 0.05) is 35.9 Å². The summed E-state index contributed by atoms with van der Waals surface area (Å²) < 4.78 is 62.4. The van der Waals surface area contributed by atoms with Crippen LogP contribution in [0.15, 0.2) is 65.7 Å². The molecule has 26 heteroatoms. The first kappa shape index (κ1) is 65.5. The molecule has 3 heterocycles. The van der Waals surface area contributed by atoms with Crippen molar-refractivity contribution in [2.24, 2.45) is 4.99 Å². The van der Waals surface area contributed by atoms with Gasteiger partial charge in [-0.2, -0.15) is 13.0 Å². The number of amides is 1. The number of aliphatic imine (C=N–C) groups is 1. The van der Waals surface area contributed by atoms with E-state index in [1.165, 1.54) is 63.1 Å². The lowest BCUT2D eigenvalue weighted by molar-refractivity contribution is -0.116. The van der Waals surface area contributed by atoms with Crippen LogP contribution in [0.1, 0.15) is 155 Å². The van der Waals surface area contributed by atoms with Gasteiger partial charge in [-0.25, -0.2) is 24.5 Å². The van der Waals surface area contributed by atoms with Gasteiger partial charge in [-0.05, 0) is 75.6 Å². The molecule has 444 valence electrons. The van der Waals surface area contributed by atoms with Crippen molar-refractivity contribution in [1.29, 1.82) is 0 Å².